The Kier molecular flexibility index (Phi) is 1.65. The highest BCUT2D eigenvalue weighted by molar-refractivity contribution is 8.22. The SMILES string of the molecule is O=[SH](=S)C1CCC1. The van der Waals surface area contributed by atoms with Gasteiger partial charge in [0.05, 0.1) is 0 Å². The average molecular weight is 136 g/mol. The number of thiol groups is 1. The maximum atomic E-state index is 10.4. The van der Waals surface area contributed by atoms with E-state index in [4.69, 9.17) is 0 Å². The summed E-state index contributed by atoms with van der Waals surface area (Å²) in [6, 6.07) is 0. The quantitative estimate of drug-likeness (QED) is 0.528. The molecule has 1 atom stereocenters. The summed E-state index contributed by atoms with van der Waals surface area (Å²) in [4.78, 5) is 0. The molecule has 1 unspecified atom stereocenters. The lowest BCUT2D eigenvalue weighted by atomic mass is 10.0. The molecule has 1 aliphatic rings. The van der Waals surface area contributed by atoms with Gasteiger partial charge in [0.2, 0.25) is 0 Å². The summed E-state index contributed by atoms with van der Waals surface area (Å²) >= 11 is 4.56. The Balaban J connectivity index is 2.41. The van der Waals surface area contributed by atoms with Crippen LogP contribution in [0.3, 0.4) is 0 Å². The Morgan fingerprint density at radius 2 is 2.14 bits per heavy atom. The molecule has 0 radical (unpaired) electrons. The highest BCUT2D eigenvalue weighted by Crippen LogP contribution is 2.20. The van der Waals surface area contributed by atoms with Gasteiger partial charge in [-0.05, 0) is 24.0 Å². The molecule has 0 aromatic carbocycles. The van der Waals surface area contributed by atoms with Gasteiger partial charge in [0.15, 0.2) is 0 Å². The first-order chi connectivity index (χ1) is 3.30. The van der Waals surface area contributed by atoms with Crippen molar-refractivity contribution in [3.05, 3.63) is 0 Å². The first kappa shape index (κ1) is 5.51. The zero-order chi connectivity index (χ0) is 5.28. The number of rotatable bonds is 1. The lowest BCUT2D eigenvalue weighted by molar-refractivity contribution is 0.510. The molecule has 0 bridgehead atoms. The highest BCUT2D eigenvalue weighted by atomic mass is 32.8. The molecule has 1 fully saturated rings. The van der Waals surface area contributed by atoms with Crippen molar-refractivity contribution in [1.82, 2.24) is 0 Å². The summed E-state index contributed by atoms with van der Waals surface area (Å²) in [5.41, 5.74) is 0. The highest BCUT2D eigenvalue weighted by Gasteiger charge is 2.16. The molecule has 0 heterocycles. The van der Waals surface area contributed by atoms with E-state index in [-0.39, 0.29) is 0 Å². The van der Waals surface area contributed by atoms with Gasteiger partial charge in [0.1, 0.15) is 0 Å². The Labute approximate surface area is 49.8 Å². The molecule has 1 saturated carbocycles. The molecule has 7 heavy (non-hydrogen) atoms. The van der Waals surface area contributed by atoms with Crippen LogP contribution in [0.25, 0.3) is 0 Å². The third-order valence-electron chi connectivity index (χ3n) is 1.37. The van der Waals surface area contributed by atoms with Crippen molar-refractivity contribution in [2.75, 3.05) is 0 Å². The minimum Gasteiger partial charge on any atom is -0.260 e. The van der Waals surface area contributed by atoms with Gasteiger partial charge in [0.25, 0.3) is 0 Å². The van der Waals surface area contributed by atoms with Crippen LogP contribution in [0.2, 0.25) is 0 Å². The fourth-order valence-corrected chi connectivity index (χ4v) is 2.02. The molecular weight excluding hydrogens is 128 g/mol. The second kappa shape index (κ2) is 2.09. The van der Waals surface area contributed by atoms with Gasteiger partial charge in [-0.25, -0.2) is 0 Å². The monoisotopic (exact) mass is 136 g/mol. The molecule has 42 valence electrons. The summed E-state index contributed by atoms with van der Waals surface area (Å²) < 4.78 is 10.4. The smallest absolute Gasteiger partial charge is 0.0345 e. The second-order valence-corrected chi connectivity index (χ2v) is 4.25. The minimum absolute atomic E-state index is 0.407. The summed E-state index contributed by atoms with van der Waals surface area (Å²) in [7, 11) is -1.24. The third kappa shape index (κ3) is 1.13. The van der Waals surface area contributed by atoms with Crippen LogP contribution in [-0.4, -0.2) is 9.46 Å². The van der Waals surface area contributed by atoms with Gasteiger partial charge >= 0.3 is 0 Å². The average Bonchev–Trinajstić information content (AvgIpc) is 1.23. The first-order valence-corrected chi connectivity index (χ1v) is 4.78. The van der Waals surface area contributed by atoms with Gasteiger partial charge in [0, 0.05) is 14.6 Å². The Hall–Kier alpha value is 0.370. The van der Waals surface area contributed by atoms with Gasteiger partial charge in [-0.15, -0.1) is 0 Å². The van der Waals surface area contributed by atoms with E-state index in [1.165, 1.54) is 6.42 Å². The molecule has 0 amide bonds. The Bertz CT molecular complexity index is 116. The molecule has 0 saturated heterocycles. The van der Waals surface area contributed by atoms with Gasteiger partial charge in [-0.2, -0.15) is 0 Å². The molecule has 0 aromatic heterocycles. The Morgan fingerprint density at radius 1 is 1.57 bits per heavy atom. The van der Waals surface area contributed by atoms with E-state index in [0.29, 0.717) is 5.25 Å². The van der Waals surface area contributed by atoms with Crippen LogP contribution < -0.4 is 0 Å². The maximum Gasteiger partial charge on any atom is 0.0345 e. The van der Waals surface area contributed by atoms with E-state index in [1.54, 1.807) is 0 Å². The second-order valence-electron chi connectivity index (χ2n) is 1.87. The van der Waals surface area contributed by atoms with Crippen molar-refractivity contribution < 1.29 is 4.21 Å². The molecule has 1 rings (SSSR count). The lowest BCUT2D eigenvalue weighted by Gasteiger charge is -2.19. The Morgan fingerprint density at radius 3 is 2.14 bits per heavy atom. The van der Waals surface area contributed by atoms with E-state index in [9.17, 15) is 4.21 Å². The fourth-order valence-electron chi connectivity index (χ4n) is 0.598. The van der Waals surface area contributed by atoms with Crippen molar-refractivity contribution >= 4 is 20.5 Å². The van der Waals surface area contributed by atoms with Crippen LogP contribution in [0.1, 0.15) is 19.3 Å². The van der Waals surface area contributed by atoms with E-state index < -0.39 is 9.36 Å². The van der Waals surface area contributed by atoms with Gasteiger partial charge in [-0.1, -0.05) is 6.42 Å². The fraction of sp³-hybridized carbons (Fsp3) is 1.00. The third-order valence-corrected chi connectivity index (χ3v) is 3.38. The molecule has 1 nitrogen and oxygen atoms in total. The summed E-state index contributed by atoms with van der Waals surface area (Å²) in [6.45, 7) is 0. The molecule has 3 heteroatoms. The van der Waals surface area contributed by atoms with E-state index in [2.05, 4.69) is 11.2 Å². The predicted octanol–water partition coefficient (Wildman–Crippen LogP) is 0.482. The largest absolute Gasteiger partial charge is 0.260 e. The van der Waals surface area contributed by atoms with Crippen molar-refractivity contribution in [3.63, 3.8) is 0 Å². The summed E-state index contributed by atoms with van der Waals surface area (Å²) in [5.74, 6) is 0. The van der Waals surface area contributed by atoms with E-state index in [0.717, 1.165) is 12.8 Å². The van der Waals surface area contributed by atoms with Crippen LogP contribution in [0.15, 0.2) is 0 Å². The minimum atomic E-state index is -1.24. The predicted molar refractivity (Wildman–Crippen MR) is 34.5 cm³/mol. The van der Waals surface area contributed by atoms with Gasteiger partial charge in [-0.3, -0.25) is 4.21 Å². The maximum absolute atomic E-state index is 10.4. The van der Waals surface area contributed by atoms with Crippen LogP contribution >= 0.6 is 0 Å². The van der Waals surface area contributed by atoms with Gasteiger partial charge < -0.3 is 0 Å². The molecule has 0 aromatic rings. The zero-order valence-electron chi connectivity index (χ0n) is 3.96. The normalized spacial score (nSPS) is 26.3. The van der Waals surface area contributed by atoms with E-state index >= 15 is 0 Å². The van der Waals surface area contributed by atoms with Crippen LogP contribution in [-0.2, 0) is 20.5 Å². The number of hydrogen-bond acceptors (Lipinski definition) is 2. The topological polar surface area (TPSA) is 17.1 Å². The standard InChI is InChI=1S/C4H8OS2/c5-7(6)4-2-1-3-4/h4,7H,1-3H2. The number of hydrogen-bond donors (Lipinski definition) is 1. The van der Waals surface area contributed by atoms with Crippen molar-refractivity contribution in [1.29, 1.82) is 0 Å². The van der Waals surface area contributed by atoms with Crippen LogP contribution in [0.4, 0.5) is 0 Å². The molecular formula is C4H8OS2. The van der Waals surface area contributed by atoms with E-state index in [1.807, 2.05) is 0 Å². The van der Waals surface area contributed by atoms with Crippen LogP contribution in [0.5, 0.6) is 0 Å². The van der Waals surface area contributed by atoms with Crippen molar-refractivity contribution in [2.24, 2.45) is 0 Å². The van der Waals surface area contributed by atoms with Crippen LogP contribution in [0, 0.1) is 0 Å². The molecule has 0 N–H and O–H groups in total. The summed E-state index contributed by atoms with van der Waals surface area (Å²) in [6.07, 6.45) is 3.46. The van der Waals surface area contributed by atoms with Crippen molar-refractivity contribution in [3.8, 4) is 0 Å². The van der Waals surface area contributed by atoms with Crippen molar-refractivity contribution in [2.45, 2.75) is 24.5 Å². The molecule has 0 spiro atoms. The summed E-state index contributed by atoms with van der Waals surface area (Å²) in [5, 5.41) is 0.407. The molecule has 1 aliphatic carbocycles. The zero-order valence-corrected chi connectivity index (χ0v) is 5.67. The first-order valence-electron chi connectivity index (χ1n) is 2.44. The molecule has 0 aliphatic heterocycles. The lowest BCUT2D eigenvalue weighted by Crippen LogP contribution is -2.17.